The van der Waals surface area contributed by atoms with Crippen LogP contribution in [0.4, 0.5) is 0 Å². The summed E-state index contributed by atoms with van der Waals surface area (Å²) < 4.78 is 8.50. The van der Waals surface area contributed by atoms with Crippen molar-refractivity contribution in [1.82, 2.24) is 0 Å². The summed E-state index contributed by atoms with van der Waals surface area (Å²) >= 11 is 0. The molecule has 0 aliphatic rings. The van der Waals surface area contributed by atoms with Crippen LogP contribution in [0.2, 0.25) is 0 Å². The average molecular weight is 186 g/mol. The normalized spacial score (nSPS) is 11.2. The van der Waals surface area contributed by atoms with Gasteiger partial charge in [-0.25, -0.2) is 4.79 Å². The lowest BCUT2D eigenvalue weighted by molar-refractivity contribution is -0.153. The minimum absolute atomic E-state index is 0.474. The molecule has 1 N–H and O–H groups in total. The molecule has 1 atom stereocenters. The highest BCUT2D eigenvalue weighted by Crippen LogP contribution is 1.97. The van der Waals surface area contributed by atoms with Crippen LogP contribution >= 0.6 is 0 Å². The number of aliphatic hydroxyl groups is 1. The third-order valence-electron chi connectivity index (χ3n) is 1.05. The molecule has 0 spiro atoms. The molecule has 0 amide bonds. The van der Waals surface area contributed by atoms with Crippen LogP contribution in [0, 0.1) is 0 Å². The molecule has 1 unspecified atom stereocenters. The van der Waals surface area contributed by atoms with Crippen molar-refractivity contribution in [2.75, 3.05) is 0 Å². The smallest absolute Gasteiger partial charge is 0.340 e. The molecule has 0 bridgehead atoms. The molecule has 0 fully saturated rings. The number of ether oxygens (including phenoxy) is 2. The van der Waals surface area contributed by atoms with Gasteiger partial charge in [0, 0.05) is 0 Å². The molecule has 0 aromatic heterocycles. The molecule has 0 aliphatic heterocycles. The Balaban J connectivity index is 3.90. The van der Waals surface area contributed by atoms with Crippen molar-refractivity contribution in [1.29, 1.82) is 0 Å². The standard InChI is InChI=1S/C8H10O5/c1-3-12-7(10)5-6(9)8(11)13-4-2/h3-4,6,9H,1-2,5H2. The molecular weight excluding hydrogens is 176 g/mol. The number of aliphatic hydroxyl groups excluding tert-OH is 1. The highest BCUT2D eigenvalue weighted by atomic mass is 16.5. The summed E-state index contributed by atoms with van der Waals surface area (Å²) in [5, 5.41) is 8.99. The molecule has 5 nitrogen and oxygen atoms in total. The molecule has 72 valence electrons. The van der Waals surface area contributed by atoms with Gasteiger partial charge in [0.05, 0.1) is 18.9 Å². The van der Waals surface area contributed by atoms with Gasteiger partial charge in [-0.3, -0.25) is 4.79 Å². The molecule has 0 aromatic rings. The molecule has 0 saturated carbocycles. The zero-order chi connectivity index (χ0) is 10.3. The highest BCUT2D eigenvalue weighted by Gasteiger charge is 2.20. The largest absolute Gasteiger partial charge is 0.435 e. The third-order valence-corrected chi connectivity index (χ3v) is 1.05. The second-order valence-electron chi connectivity index (χ2n) is 1.98. The van der Waals surface area contributed by atoms with Gasteiger partial charge in [0.15, 0.2) is 6.10 Å². The van der Waals surface area contributed by atoms with E-state index in [1.54, 1.807) is 0 Å². The Labute approximate surface area is 75.3 Å². The Hall–Kier alpha value is -1.62. The van der Waals surface area contributed by atoms with Gasteiger partial charge >= 0.3 is 11.9 Å². The van der Waals surface area contributed by atoms with E-state index in [1.807, 2.05) is 0 Å². The predicted molar refractivity (Wildman–Crippen MR) is 43.2 cm³/mol. The Morgan fingerprint density at radius 1 is 1.31 bits per heavy atom. The average Bonchev–Trinajstić information content (AvgIpc) is 2.05. The third kappa shape index (κ3) is 4.76. The molecule has 0 aliphatic carbocycles. The molecule has 13 heavy (non-hydrogen) atoms. The van der Waals surface area contributed by atoms with Gasteiger partial charge in [-0.1, -0.05) is 13.2 Å². The predicted octanol–water partition coefficient (Wildman–Crippen LogP) is 0.111. The fraction of sp³-hybridized carbons (Fsp3) is 0.250. The van der Waals surface area contributed by atoms with Crippen molar-refractivity contribution < 1.29 is 24.2 Å². The number of rotatable bonds is 5. The van der Waals surface area contributed by atoms with Crippen molar-refractivity contribution in [3.8, 4) is 0 Å². The molecule has 0 heterocycles. The number of carbonyl (C=O) groups is 2. The quantitative estimate of drug-likeness (QED) is 0.487. The summed E-state index contributed by atoms with van der Waals surface area (Å²) in [5.41, 5.74) is 0. The van der Waals surface area contributed by atoms with Crippen LogP contribution < -0.4 is 0 Å². The number of hydrogen-bond acceptors (Lipinski definition) is 5. The number of carbonyl (C=O) groups excluding carboxylic acids is 2. The SMILES string of the molecule is C=COC(=O)CC(O)C(=O)OC=C. The summed E-state index contributed by atoms with van der Waals surface area (Å²) in [6, 6.07) is 0. The minimum atomic E-state index is -1.54. The van der Waals surface area contributed by atoms with Crippen LogP contribution in [0.25, 0.3) is 0 Å². The molecule has 0 radical (unpaired) electrons. The van der Waals surface area contributed by atoms with E-state index < -0.39 is 24.5 Å². The monoisotopic (exact) mass is 186 g/mol. The molecule has 5 heteroatoms. The zero-order valence-electron chi connectivity index (χ0n) is 6.93. The first-order valence-electron chi connectivity index (χ1n) is 3.41. The van der Waals surface area contributed by atoms with Crippen molar-refractivity contribution in [3.05, 3.63) is 25.7 Å². The first-order valence-corrected chi connectivity index (χ1v) is 3.41. The van der Waals surface area contributed by atoms with Crippen LogP contribution in [-0.2, 0) is 19.1 Å². The summed E-state index contributed by atoms with van der Waals surface area (Å²) in [7, 11) is 0. The minimum Gasteiger partial charge on any atom is -0.435 e. The van der Waals surface area contributed by atoms with E-state index >= 15 is 0 Å². The van der Waals surface area contributed by atoms with Crippen LogP contribution in [0.3, 0.4) is 0 Å². The van der Waals surface area contributed by atoms with Crippen molar-refractivity contribution >= 4 is 11.9 Å². The van der Waals surface area contributed by atoms with Crippen molar-refractivity contribution in [2.24, 2.45) is 0 Å². The van der Waals surface area contributed by atoms with E-state index in [4.69, 9.17) is 5.11 Å². The van der Waals surface area contributed by atoms with Crippen LogP contribution in [-0.4, -0.2) is 23.1 Å². The fourth-order valence-electron chi connectivity index (χ4n) is 0.543. The van der Waals surface area contributed by atoms with Crippen LogP contribution in [0.1, 0.15) is 6.42 Å². The molecular formula is C8H10O5. The van der Waals surface area contributed by atoms with E-state index in [-0.39, 0.29) is 0 Å². The Morgan fingerprint density at radius 3 is 2.31 bits per heavy atom. The van der Waals surface area contributed by atoms with E-state index in [9.17, 15) is 9.59 Å². The summed E-state index contributed by atoms with van der Waals surface area (Å²) in [6.07, 6.45) is -0.234. The lowest BCUT2D eigenvalue weighted by atomic mass is 10.2. The topological polar surface area (TPSA) is 72.8 Å². The van der Waals surface area contributed by atoms with E-state index in [0.29, 0.717) is 0 Å². The Kier molecular flexibility index (Phi) is 5.22. The molecule has 0 rings (SSSR count). The Bertz CT molecular complexity index is 221. The summed E-state index contributed by atoms with van der Waals surface area (Å²) in [6.45, 7) is 6.24. The Morgan fingerprint density at radius 2 is 1.85 bits per heavy atom. The van der Waals surface area contributed by atoms with E-state index in [1.165, 1.54) is 0 Å². The van der Waals surface area contributed by atoms with Gasteiger partial charge in [-0.05, 0) is 0 Å². The van der Waals surface area contributed by atoms with Gasteiger partial charge in [-0.15, -0.1) is 0 Å². The van der Waals surface area contributed by atoms with Gasteiger partial charge in [0.2, 0.25) is 0 Å². The lowest BCUT2D eigenvalue weighted by Crippen LogP contribution is -2.24. The van der Waals surface area contributed by atoms with Gasteiger partial charge in [0.1, 0.15) is 0 Å². The van der Waals surface area contributed by atoms with Gasteiger partial charge < -0.3 is 14.6 Å². The molecule has 0 saturated heterocycles. The first kappa shape index (κ1) is 11.4. The first-order chi connectivity index (χ1) is 6.11. The van der Waals surface area contributed by atoms with Crippen LogP contribution in [0.5, 0.6) is 0 Å². The summed E-state index contributed by atoms with van der Waals surface area (Å²) in [5.74, 6) is -1.71. The second kappa shape index (κ2) is 5.96. The maximum absolute atomic E-state index is 10.7. The lowest BCUT2D eigenvalue weighted by Gasteiger charge is -2.05. The van der Waals surface area contributed by atoms with Crippen molar-refractivity contribution in [3.63, 3.8) is 0 Å². The number of hydrogen-bond donors (Lipinski definition) is 1. The van der Waals surface area contributed by atoms with E-state index in [2.05, 4.69) is 22.6 Å². The van der Waals surface area contributed by atoms with Crippen molar-refractivity contribution in [2.45, 2.75) is 12.5 Å². The van der Waals surface area contributed by atoms with E-state index in [0.717, 1.165) is 12.5 Å². The molecule has 0 aromatic carbocycles. The second-order valence-corrected chi connectivity index (χ2v) is 1.98. The maximum Gasteiger partial charge on any atom is 0.340 e. The number of esters is 2. The maximum atomic E-state index is 10.7. The van der Waals surface area contributed by atoms with Gasteiger partial charge in [0.25, 0.3) is 0 Å². The van der Waals surface area contributed by atoms with Gasteiger partial charge in [-0.2, -0.15) is 0 Å². The highest BCUT2D eigenvalue weighted by molar-refractivity contribution is 5.82. The fourth-order valence-corrected chi connectivity index (χ4v) is 0.543. The van der Waals surface area contributed by atoms with Crippen LogP contribution in [0.15, 0.2) is 25.7 Å². The zero-order valence-corrected chi connectivity index (χ0v) is 6.93. The summed E-state index contributed by atoms with van der Waals surface area (Å²) in [4.78, 5) is 21.4.